The Hall–Kier alpha value is -0.530. The van der Waals surface area contributed by atoms with Gasteiger partial charge in [0.05, 0.1) is 0 Å². The molecule has 2 heteroatoms. The van der Waals surface area contributed by atoms with Gasteiger partial charge >= 0.3 is 0 Å². The van der Waals surface area contributed by atoms with Gasteiger partial charge < -0.3 is 5.32 Å². The molecular weight excluding hydrogens is 126 g/mol. The van der Waals surface area contributed by atoms with Crippen molar-refractivity contribution in [3.63, 3.8) is 0 Å². The Balaban J connectivity index is 3.26. The van der Waals surface area contributed by atoms with Crippen molar-refractivity contribution in [1.82, 2.24) is 5.32 Å². The van der Waals surface area contributed by atoms with E-state index in [4.69, 9.17) is 0 Å². The largest absolute Gasteiger partial charge is 0.354 e. The van der Waals surface area contributed by atoms with Gasteiger partial charge in [0.2, 0.25) is 5.91 Å². The Bertz CT molecular complexity index is 99.4. The Morgan fingerprint density at radius 2 is 2.20 bits per heavy atom. The molecule has 0 aromatic heterocycles. The highest BCUT2D eigenvalue weighted by Gasteiger charge is 2.00. The summed E-state index contributed by atoms with van der Waals surface area (Å²) in [6, 6.07) is 0.261. The highest BCUT2D eigenvalue weighted by Crippen LogP contribution is 1.93. The lowest BCUT2D eigenvalue weighted by atomic mass is 10.2. The quantitative estimate of drug-likeness (QED) is 0.633. The molecule has 0 rings (SSSR count). The lowest BCUT2D eigenvalue weighted by Gasteiger charge is -2.06. The van der Waals surface area contributed by atoms with Crippen LogP contribution >= 0.6 is 0 Å². The molecule has 0 aliphatic heterocycles. The molecule has 2 nitrogen and oxygen atoms in total. The van der Waals surface area contributed by atoms with E-state index < -0.39 is 0 Å². The van der Waals surface area contributed by atoms with Crippen molar-refractivity contribution < 1.29 is 4.79 Å². The molecule has 1 N–H and O–H groups in total. The third kappa shape index (κ3) is 5.60. The lowest BCUT2D eigenvalue weighted by Crippen LogP contribution is -2.29. The topological polar surface area (TPSA) is 29.1 Å². The van der Waals surface area contributed by atoms with Gasteiger partial charge in [-0.25, -0.2) is 0 Å². The minimum absolute atomic E-state index is 0.138. The summed E-state index contributed by atoms with van der Waals surface area (Å²) in [7, 11) is 0. The van der Waals surface area contributed by atoms with Gasteiger partial charge in [-0.3, -0.25) is 4.79 Å². The molecule has 1 radical (unpaired) electrons. The first kappa shape index (κ1) is 9.47. The van der Waals surface area contributed by atoms with Crippen molar-refractivity contribution in [3.05, 3.63) is 6.92 Å². The van der Waals surface area contributed by atoms with Crippen LogP contribution in [0.15, 0.2) is 0 Å². The molecule has 0 aromatic carbocycles. The summed E-state index contributed by atoms with van der Waals surface area (Å²) in [6.45, 7) is 7.58. The maximum Gasteiger partial charge on any atom is 0.220 e. The summed E-state index contributed by atoms with van der Waals surface area (Å²) in [6.07, 6.45) is 2.34. The molecule has 0 saturated heterocycles. The van der Waals surface area contributed by atoms with Crippen LogP contribution in [0.1, 0.15) is 33.1 Å². The van der Waals surface area contributed by atoms with Crippen LogP contribution < -0.4 is 5.32 Å². The highest BCUT2D eigenvalue weighted by molar-refractivity contribution is 5.76. The zero-order chi connectivity index (χ0) is 7.98. The summed E-state index contributed by atoms with van der Waals surface area (Å²) in [5.74, 6) is 0.138. The Kier molecular flexibility index (Phi) is 4.99. The molecule has 10 heavy (non-hydrogen) atoms. The minimum Gasteiger partial charge on any atom is -0.354 e. The number of carbonyl (C=O) groups excluding carboxylic acids is 1. The number of hydrogen-bond acceptors (Lipinski definition) is 1. The molecule has 0 unspecified atom stereocenters. The van der Waals surface area contributed by atoms with Crippen molar-refractivity contribution in [3.8, 4) is 0 Å². The smallest absolute Gasteiger partial charge is 0.220 e. The summed E-state index contributed by atoms with van der Waals surface area (Å²) in [5.41, 5.74) is 0. The van der Waals surface area contributed by atoms with Crippen LogP contribution in [0.5, 0.6) is 0 Å². The van der Waals surface area contributed by atoms with E-state index in [0.29, 0.717) is 6.42 Å². The van der Waals surface area contributed by atoms with Gasteiger partial charge in [0.25, 0.3) is 0 Å². The van der Waals surface area contributed by atoms with Crippen molar-refractivity contribution in [2.24, 2.45) is 0 Å². The third-order valence-corrected chi connectivity index (χ3v) is 1.10. The van der Waals surface area contributed by atoms with Crippen LogP contribution in [0.4, 0.5) is 0 Å². The van der Waals surface area contributed by atoms with E-state index in [1.807, 2.05) is 13.8 Å². The van der Waals surface area contributed by atoms with Crippen LogP contribution in [0.3, 0.4) is 0 Å². The van der Waals surface area contributed by atoms with Crippen LogP contribution in [0.25, 0.3) is 0 Å². The van der Waals surface area contributed by atoms with E-state index >= 15 is 0 Å². The second kappa shape index (κ2) is 5.27. The SMILES string of the molecule is [CH2]CCCC(=O)NC(C)C. The second-order valence-corrected chi connectivity index (χ2v) is 2.68. The zero-order valence-electron chi connectivity index (χ0n) is 6.81. The van der Waals surface area contributed by atoms with Crippen molar-refractivity contribution in [2.75, 3.05) is 0 Å². The fourth-order valence-electron chi connectivity index (χ4n) is 0.680. The predicted molar refractivity (Wildman–Crippen MR) is 42.5 cm³/mol. The Morgan fingerprint density at radius 3 is 2.60 bits per heavy atom. The van der Waals surface area contributed by atoms with E-state index in [2.05, 4.69) is 12.2 Å². The molecule has 0 spiro atoms. The molecular formula is C8H16NO. The maximum absolute atomic E-state index is 10.9. The minimum atomic E-state index is 0.138. The highest BCUT2D eigenvalue weighted by atomic mass is 16.1. The fraction of sp³-hybridized carbons (Fsp3) is 0.750. The Labute approximate surface area is 63.0 Å². The second-order valence-electron chi connectivity index (χ2n) is 2.68. The summed E-state index contributed by atoms with van der Waals surface area (Å²) >= 11 is 0. The van der Waals surface area contributed by atoms with Crippen molar-refractivity contribution >= 4 is 5.91 Å². The first-order chi connectivity index (χ1) is 4.66. The molecule has 59 valence electrons. The van der Waals surface area contributed by atoms with Crippen LogP contribution in [0, 0.1) is 6.92 Å². The van der Waals surface area contributed by atoms with Gasteiger partial charge in [0, 0.05) is 12.5 Å². The zero-order valence-corrected chi connectivity index (χ0v) is 6.81. The average molecular weight is 142 g/mol. The molecule has 0 atom stereocenters. The molecule has 0 aliphatic rings. The number of unbranched alkanes of at least 4 members (excludes halogenated alkanes) is 1. The van der Waals surface area contributed by atoms with Gasteiger partial charge in [0.15, 0.2) is 0 Å². The number of amides is 1. The lowest BCUT2D eigenvalue weighted by molar-refractivity contribution is -0.121. The van der Waals surface area contributed by atoms with Crippen molar-refractivity contribution in [1.29, 1.82) is 0 Å². The summed E-state index contributed by atoms with van der Waals surface area (Å²) in [4.78, 5) is 10.9. The molecule has 0 aliphatic carbocycles. The normalized spacial score (nSPS) is 10.0. The standard InChI is InChI=1S/C8H16NO/c1-4-5-6-8(10)9-7(2)3/h7H,1,4-6H2,2-3H3,(H,9,10). The van der Waals surface area contributed by atoms with E-state index in [1.165, 1.54) is 0 Å². The maximum atomic E-state index is 10.9. The molecule has 0 heterocycles. The molecule has 0 fully saturated rings. The molecule has 0 saturated carbocycles. The molecule has 0 aromatic rings. The van der Waals surface area contributed by atoms with Gasteiger partial charge in [-0.2, -0.15) is 0 Å². The predicted octanol–water partition coefficient (Wildman–Crippen LogP) is 1.52. The number of nitrogens with one attached hydrogen (secondary N) is 1. The first-order valence-electron chi connectivity index (χ1n) is 3.75. The van der Waals surface area contributed by atoms with E-state index in [-0.39, 0.29) is 11.9 Å². The number of hydrogen-bond donors (Lipinski definition) is 1. The van der Waals surface area contributed by atoms with Crippen LogP contribution in [-0.4, -0.2) is 11.9 Å². The monoisotopic (exact) mass is 142 g/mol. The third-order valence-electron chi connectivity index (χ3n) is 1.10. The molecule has 1 amide bonds. The van der Waals surface area contributed by atoms with E-state index in [9.17, 15) is 4.79 Å². The van der Waals surface area contributed by atoms with Gasteiger partial charge in [-0.05, 0) is 20.3 Å². The van der Waals surface area contributed by atoms with E-state index in [0.717, 1.165) is 12.8 Å². The Morgan fingerprint density at radius 1 is 1.60 bits per heavy atom. The van der Waals surface area contributed by atoms with Gasteiger partial charge in [-0.1, -0.05) is 13.3 Å². The molecule has 0 bridgehead atoms. The van der Waals surface area contributed by atoms with E-state index in [1.54, 1.807) is 0 Å². The van der Waals surface area contributed by atoms with Crippen LogP contribution in [-0.2, 0) is 4.79 Å². The first-order valence-corrected chi connectivity index (χ1v) is 3.75. The van der Waals surface area contributed by atoms with Crippen LogP contribution in [0.2, 0.25) is 0 Å². The fourth-order valence-corrected chi connectivity index (χ4v) is 0.680. The average Bonchev–Trinajstić information content (AvgIpc) is 1.82. The van der Waals surface area contributed by atoms with Gasteiger partial charge in [0.1, 0.15) is 0 Å². The van der Waals surface area contributed by atoms with Crippen molar-refractivity contribution in [2.45, 2.75) is 39.2 Å². The number of carbonyl (C=O) groups is 1. The summed E-state index contributed by atoms with van der Waals surface area (Å²) < 4.78 is 0. The number of rotatable bonds is 4. The summed E-state index contributed by atoms with van der Waals surface area (Å²) in [5, 5.41) is 2.81. The van der Waals surface area contributed by atoms with Gasteiger partial charge in [-0.15, -0.1) is 0 Å².